The third-order valence-corrected chi connectivity index (χ3v) is 4.89. The first kappa shape index (κ1) is 18.9. The van der Waals surface area contributed by atoms with Gasteiger partial charge in [0.25, 0.3) is 5.91 Å². The lowest BCUT2D eigenvalue weighted by molar-refractivity contribution is -0.132. The predicted molar refractivity (Wildman–Crippen MR) is 102 cm³/mol. The molecule has 2 N–H and O–H groups in total. The molecular formula is C20H26N4O3. The number of likely N-dealkylation sites (N-methyl/N-ethyl adjacent to an activating group) is 1. The van der Waals surface area contributed by atoms with Crippen LogP contribution >= 0.6 is 0 Å². The average molecular weight is 370 g/mol. The molecule has 0 saturated heterocycles. The van der Waals surface area contributed by atoms with Gasteiger partial charge in [-0.1, -0.05) is 43.7 Å². The number of amides is 4. The van der Waals surface area contributed by atoms with E-state index in [2.05, 4.69) is 10.6 Å². The highest BCUT2D eigenvalue weighted by atomic mass is 16.2. The van der Waals surface area contributed by atoms with E-state index < -0.39 is 6.04 Å². The number of rotatable bonds is 5. The van der Waals surface area contributed by atoms with Crippen molar-refractivity contribution >= 4 is 17.8 Å². The van der Waals surface area contributed by atoms with Crippen molar-refractivity contribution in [1.82, 2.24) is 20.4 Å². The van der Waals surface area contributed by atoms with Crippen LogP contribution in [0.5, 0.6) is 0 Å². The van der Waals surface area contributed by atoms with Gasteiger partial charge < -0.3 is 15.5 Å². The van der Waals surface area contributed by atoms with Gasteiger partial charge >= 0.3 is 6.03 Å². The standard InChI is InChI=1S/C20H26N4O3/c1-12(2)9-21-16(25)11-24-10-15-17(19(24)26)18(22-20(27)23(15)4)14-7-5-13(3)6-8-14/h5-8,12,18H,9-11H2,1-4H3,(H,21,25)(H,22,27). The Balaban J connectivity index is 1.82. The van der Waals surface area contributed by atoms with Crippen LogP contribution in [-0.4, -0.2) is 54.3 Å². The molecule has 0 radical (unpaired) electrons. The molecule has 27 heavy (non-hydrogen) atoms. The fourth-order valence-electron chi connectivity index (χ4n) is 3.31. The number of carbonyl (C=O) groups excluding carboxylic acids is 3. The fourth-order valence-corrected chi connectivity index (χ4v) is 3.31. The topological polar surface area (TPSA) is 81.8 Å². The maximum absolute atomic E-state index is 13.0. The number of benzene rings is 1. The van der Waals surface area contributed by atoms with Gasteiger partial charge in [0.05, 0.1) is 23.9 Å². The fraction of sp³-hybridized carbons (Fsp3) is 0.450. The maximum Gasteiger partial charge on any atom is 0.322 e. The van der Waals surface area contributed by atoms with E-state index in [1.807, 2.05) is 45.0 Å². The van der Waals surface area contributed by atoms with Crippen molar-refractivity contribution in [2.24, 2.45) is 5.92 Å². The molecule has 1 aromatic rings. The van der Waals surface area contributed by atoms with Crippen molar-refractivity contribution in [3.63, 3.8) is 0 Å². The van der Waals surface area contributed by atoms with Crippen molar-refractivity contribution in [2.75, 3.05) is 26.7 Å². The van der Waals surface area contributed by atoms with Crippen LogP contribution in [0.2, 0.25) is 0 Å². The number of aryl methyl sites for hydroxylation is 1. The lowest BCUT2D eigenvalue weighted by atomic mass is 9.95. The van der Waals surface area contributed by atoms with Crippen molar-refractivity contribution in [1.29, 1.82) is 0 Å². The predicted octanol–water partition coefficient (Wildman–Crippen LogP) is 1.56. The highest BCUT2D eigenvalue weighted by molar-refractivity contribution is 6.02. The minimum absolute atomic E-state index is 0.0127. The summed E-state index contributed by atoms with van der Waals surface area (Å²) in [6.45, 7) is 6.83. The minimum Gasteiger partial charge on any atom is -0.354 e. The summed E-state index contributed by atoms with van der Waals surface area (Å²) >= 11 is 0. The molecule has 2 aliphatic rings. The summed E-state index contributed by atoms with van der Waals surface area (Å²) < 4.78 is 0. The monoisotopic (exact) mass is 370 g/mol. The average Bonchev–Trinajstić information content (AvgIpc) is 2.94. The Labute approximate surface area is 159 Å². The zero-order valence-electron chi connectivity index (χ0n) is 16.2. The first-order chi connectivity index (χ1) is 12.8. The lowest BCUT2D eigenvalue weighted by Gasteiger charge is -2.31. The van der Waals surface area contributed by atoms with Crippen molar-refractivity contribution in [2.45, 2.75) is 26.8 Å². The number of hydrogen-bond donors (Lipinski definition) is 2. The quantitative estimate of drug-likeness (QED) is 0.825. The van der Waals surface area contributed by atoms with Gasteiger partial charge in [-0.05, 0) is 18.4 Å². The SMILES string of the molecule is Cc1ccc(C2NC(=O)N(C)C3=C2C(=O)N(CC(=O)NCC(C)C)C3)cc1. The van der Waals surface area contributed by atoms with Gasteiger partial charge in [-0.15, -0.1) is 0 Å². The normalized spacial score (nSPS) is 19.5. The Bertz CT molecular complexity index is 798. The summed E-state index contributed by atoms with van der Waals surface area (Å²) in [6, 6.07) is 7.00. The maximum atomic E-state index is 13.0. The molecule has 0 aromatic heterocycles. The molecule has 0 fully saturated rings. The zero-order valence-corrected chi connectivity index (χ0v) is 16.2. The molecule has 3 rings (SSSR count). The Kier molecular flexibility index (Phi) is 5.21. The van der Waals surface area contributed by atoms with E-state index in [1.165, 1.54) is 9.80 Å². The highest BCUT2D eigenvalue weighted by Crippen LogP contribution is 2.35. The minimum atomic E-state index is -0.500. The van der Waals surface area contributed by atoms with E-state index in [0.29, 0.717) is 23.7 Å². The molecule has 1 unspecified atom stereocenters. The van der Waals surface area contributed by atoms with Gasteiger partial charge in [0.1, 0.15) is 6.54 Å². The van der Waals surface area contributed by atoms with Gasteiger partial charge in [0.2, 0.25) is 5.91 Å². The van der Waals surface area contributed by atoms with Crippen LogP contribution in [-0.2, 0) is 9.59 Å². The molecule has 1 atom stereocenters. The van der Waals surface area contributed by atoms with Gasteiger partial charge in [0, 0.05) is 13.6 Å². The Morgan fingerprint density at radius 2 is 1.93 bits per heavy atom. The second-order valence-corrected chi connectivity index (χ2v) is 7.57. The highest BCUT2D eigenvalue weighted by Gasteiger charge is 2.43. The van der Waals surface area contributed by atoms with Crippen LogP contribution in [0, 0.1) is 12.8 Å². The third-order valence-electron chi connectivity index (χ3n) is 4.89. The third kappa shape index (κ3) is 3.82. The summed E-state index contributed by atoms with van der Waals surface area (Å²) in [4.78, 5) is 40.5. The molecule has 1 aromatic carbocycles. The van der Waals surface area contributed by atoms with E-state index in [4.69, 9.17) is 0 Å². The first-order valence-electron chi connectivity index (χ1n) is 9.17. The summed E-state index contributed by atoms with van der Waals surface area (Å²) in [6.07, 6.45) is 0. The number of hydrogen-bond acceptors (Lipinski definition) is 3. The molecule has 4 amide bonds. The largest absolute Gasteiger partial charge is 0.354 e. The van der Waals surface area contributed by atoms with Gasteiger partial charge in [-0.2, -0.15) is 0 Å². The van der Waals surface area contributed by atoms with E-state index in [9.17, 15) is 14.4 Å². The van der Waals surface area contributed by atoms with Crippen LogP contribution in [0.25, 0.3) is 0 Å². The lowest BCUT2D eigenvalue weighted by Crippen LogP contribution is -2.45. The van der Waals surface area contributed by atoms with Gasteiger partial charge in [-0.3, -0.25) is 14.5 Å². The molecule has 7 nitrogen and oxygen atoms in total. The van der Waals surface area contributed by atoms with E-state index >= 15 is 0 Å². The molecule has 144 valence electrons. The number of carbonyl (C=O) groups is 3. The second-order valence-electron chi connectivity index (χ2n) is 7.57. The smallest absolute Gasteiger partial charge is 0.322 e. The summed E-state index contributed by atoms with van der Waals surface area (Å²) in [5.41, 5.74) is 3.16. The van der Waals surface area contributed by atoms with Crippen molar-refractivity contribution in [3.05, 3.63) is 46.7 Å². The number of nitrogens with zero attached hydrogens (tertiary/aromatic N) is 2. The number of nitrogens with one attached hydrogen (secondary N) is 2. The zero-order chi connectivity index (χ0) is 19.7. The molecule has 2 aliphatic heterocycles. The van der Waals surface area contributed by atoms with Crippen LogP contribution in [0.4, 0.5) is 4.79 Å². The first-order valence-corrected chi connectivity index (χ1v) is 9.17. The Morgan fingerprint density at radius 1 is 1.26 bits per heavy atom. The van der Waals surface area contributed by atoms with E-state index in [1.54, 1.807) is 7.05 Å². The molecule has 0 aliphatic carbocycles. The molecule has 0 spiro atoms. The second kappa shape index (κ2) is 7.42. The van der Waals surface area contributed by atoms with Crippen molar-refractivity contribution in [3.8, 4) is 0 Å². The summed E-state index contributed by atoms with van der Waals surface area (Å²) in [7, 11) is 1.64. The molecule has 7 heteroatoms. The molecule has 0 bridgehead atoms. The van der Waals surface area contributed by atoms with Gasteiger partial charge in [0.15, 0.2) is 0 Å². The summed E-state index contributed by atoms with van der Waals surface area (Å²) in [5, 5.41) is 5.73. The van der Waals surface area contributed by atoms with E-state index in [-0.39, 0.29) is 30.9 Å². The van der Waals surface area contributed by atoms with Gasteiger partial charge in [-0.25, -0.2) is 4.79 Å². The van der Waals surface area contributed by atoms with Crippen LogP contribution in [0.3, 0.4) is 0 Å². The molecule has 0 saturated carbocycles. The van der Waals surface area contributed by atoms with Crippen molar-refractivity contribution < 1.29 is 14.4 Å². The molecular weight excluding hydrogens is 344 g/mol. The number of urea groups is 1. The van der Waals surface area contributed by atoms with Crippen LogP contribution in [0.15, 0.2) is 35.5 Å². The Morgan fingerprint density at radius 3 is 2.56 bits per heavy atom. The van der Waals surface area contributed by atoms with E-state index in [0.717, 1.165) is 11.1 Å². The van der Waals surface area contributed by atoms with Crippen LogP contribution < -0.4 is 10.6 Å². The summed E-state index contributed by atoms with van der Waals surface area (Å²) in [5.74, 6) is -0.0544. The molecule has 2 heterocycles. The van der Waals surface area contributed by atoms with Crippen LogP contribution in [0.1, 0.15) is 31.0 Å². The Hall–Kier alpha value is -2.83.